The second kappa shape index (κ2) is 39.0. The molecule has 2 heterocycles. The molecule has 2 aliphatic rings. The van der Waals surface area contributed by atoms with E-state index in [1.54, 1.807) is 0 Å². The van der Waals surface area contributed by atoms with Crippen molar-refractivity contribution in [2.75, 3.05) is 78.5 Å². The van der Waals surface area contributed by atoms with Gasteiger partial charge in [-0.1, -0.05) is 322 Å². The molecule has 2 fully saturated rings. The standard InChI is InChI=1S/2C51H81N3O3.H2O.2U/c2*1-46(2,3)37-25-34(43(55)40(28-37)49(10,11)12)31-52-19-21-53(32-35-26-38(47(4,5)6)29-41(44(35)56)50(13,14)15)23-24-54(22-20-52)33-36-27-39(48(7,8)9)30-42(45(36)57)51(16,17)18;;;/h2*25-30,55-57H,19-24,31-33H2,1-18H3;1H2;;/q;;;2*+3. The largest absolute Gasteiger partial charge is 3.00 e. The van der Waals surface area contributed by atoms with E-state index in [9.17, 15) is 30.6 Å². The molecular weight excluding hydrogens is 1900 g/mol. The summed E-state index contributed by atoms with van der Waals surface area (Å²) in [5.74, 6) is 2.42. The summed E-state index contributed by atoms with van der Waals surface area (Å²) in [5.41, 5.74) is 17.6. The molecule has 0 unspecified atom stereocenters. The van der Waals surface area contributed by atoms with Crippen LogP contribution in [0.3, 0.4) is 0 Å². The molecule has 0 spiro atoms. The number of hydrogen-bond acceptors (Lipinski definition) is 12. The molecule has 0 saturated carbocycles. The Balaban J connectivity index is 0.000000480. The third kappa shape index (κ3) is 28.5. The molecule has 117 heavy (non-hydrogen) atoms. The van der Waals surface area contributed by atoms with Gasteiger partial charge in [-0.3, -0.25) is 29.4 Å². The van der Waals surface area contributed by atoms with Crippen molar-refractivity contribution in [2.45, 2.75) is 354 Å². The van der Waals surface area contributed by atoms with Gasteiger partial charge in [-0.15, -0.1) is 0 Å². The fourth-order valence-electron chi connectivity index (χ4n) is 15.7. The average Bonchev–Trinajstić information content (AvgIpc) is 1.37. The van der Waals surface area contributed by atoms with Crippen LogP contribution in [0.25, 0.3) is 0 Å². The summed E-state index contributed by atoms with van der Waals surface area (Å²) in [6.45, 7) is 93.3. The molecular formula is C102H164N6O7U2+6. The Morgan fingerprint density at radius 2 is 0.274 bits per heavy atom. The molecule has 0 atom stereocenters. The van der Waals surface area contributed by atoms with Crippen LogP contribution in [0.5, 0.6) is 34.5 Å². The van der Waals surface area contributed by atoms with Crippen LogP contribution in [0.1, 0.15) is 349 Å². The number of phenolic OH excluding ortho intramolecular Hbond substituents is 6. The maximum atomic E-state index is 11.8. The Hall–Kier alpha value is -4.06. The Morgan fingerprint density at radius 3 is 0.350 bits per heavy atom. The van der Waals surface area contributed by atoms with Crippen LogP contribution in [0, 0.1) is 62.2 Å². The van der Waals surface area contributed by atoms with Gasteiger partial charge in [0.2, 0.25) is 0 Å². The molecule has 0 bridgehead atoms. The smallest absolute Gasteiger partial charge is 0.507 e. The number of nitrogens with zero attached hydrogens (tertiary/aromatic N) is 6. The third-order valence-corrected chi connectivity index (χ3v) is 23.9. The Morgan fingerprint density at radius 1 is 0.179 bits per heavy atom. The van der Waals surface area contributed by atoms with Crippen molar-refractivity contribution in [3.63, 3.8) is 0 Å². The fourth-order valence-corrected chi connectivity index (χ4v) is 15.7. The van der Waals surface area contributed by atoms with Crippen LogP contribution in [0.4, 0.5) is 0 Å². The van der Waals surface area contributed by atoms with Crippen LogP contribution in [0.2, 0.25) is 0 Å². The molecule has 8 N–H and O–H groups in total. The number of aromatic hydroxyl groups is 6. The van der Waals surface area contributed by atoms with Gasteiger partial charge in [0.15, 0.2) is 0 Å². The van der Waals surface area contributed by atoms with Crippen molar-refractivity contribution in [1.82, 2.24) is 29.4 Å². The third-order valence-electron chi connectivity index (χ3n) is 23.9. The van der Waals surface area contributed by atoms with Gasteiger partial charge in [0, 0.05) is 151 Å². The zero-order chi connectivity index (χ0) is 86.5. The number of phenols is 6. The van der Waals surface area contributed by atoms with Gasteiger partial charge in [-0.05, 0) is 132 Å². The molecule has 0 aliphatic carbocycles. The van der Waals surface area contributed by atoms with E-state index in [4.69, 9.17) is 0 Å². The van der Waals surface area contributed by atoms with Gasteiger partial charge in [0.1, 0.15) is 34.5 Å². The molecule has 0 aromatic heterocycles. The minimum atomic E-state index is -0.202. The first-order valence-corrected chi connectivity index (χ1v) is 43.1. The molecule has 2 aliphatic heterocycles. The molecule has 8 rings (SSSR count). The second-order valence-electron chi connectivity index (χ2n) is 46.8. The van der Waals surface area contributed by atoms with Gasteiger partial charge < -0.3 is 36.1 Å². The Bertz CT molecular complexity index is 3570. The normalized spacial score (nSPS) is 16.3. The summed E-state index contributed by atoms with van der Waals surface area (Å²) in [7, 11) is 0. The maximum Gasteiger partial charge on any atom is 3.00 e. The molecule has 6 aromatic rings. The van der Waals surface area contributed by atoms with E-state index < -0.39 is 0 Å². The van der Waals surface area contributed by atoms with Crippen molar-refractivity contribution >= 4 is 0 Å². The monoisotopic (exact) mass is 2060 g/mol. The van der Waals surface area contributed by atoms with Crippen LogP contribution in [0.15, 0.2) is 72.8 Å². The van der Waals surface area contributed by atoms with Crippen molar-refractivity contribution in [3.05, 3.63) is 173 Å². The second-order valence-corrected chi connectivity index (χ2v) is 46.8. The van der Waals surface area contributed by atoms with E-state index >= 15 is 0 Å². The molecule has 646 valence electrons. The summed E-state index contributed by atoms with van der Waals surface area (Å²) in [5, 5.41) is 71.1. The topological polar surface area (TPSA) is 172 Å². The minimum Gasteiger partial charge on any atom is -0.507 e. The van der Waals surface area contributed by atoms with Crippen LogP contribution < -0.4 is 0 Å². The minimum absolute atomic E-state index is 0. The summed E-state index contributed by atoms with van der Waals surface area (Å²) in [6.07, 6.45) is 0. The molecule has 15 heteroatoms. The van der Waals surface area contributed by atoms with E-state index in [1.165, 1.54) is 33.4 Å². The Kier molecular flexibility index (Phi) is 35.1. The van der Waals surface area contributed by atoms with Crippen molar-refractivity contribution in [3.8, 4) is 34.5 Å². The van der Waals surface area contributed by atoms with Crippen molar-refractivity contribution in [2.24, 2.45) is 0 Å². The zero-order valence-corrected chi connectivity index (χ0v) is 88.9. The van der Waals surface area contributed by atoms with E-state index in [-0.39, 0.29) is 133 Å². The average molecular weight is 2060 g/mol. The summed E-state index contributed by atoms with van der Waals surface area (Å²) < 4.78 is 0. The summed E-state index contributed by atoms with van der Waals surface area (Å²) in [4.78, 5) is 15.0. The molecule has 6 aromatic carbocycles. The van der Waals surface area contributed by atoms with Gasteiger partial charge >= 0.3 is 62.2 Å². The summed E-state index contributed by atoms with van der Waals surface area (Å²) >= 11 is 0. The van der Waals surface area contributed by atoms with Crippen LogP contribution in [-0.2, 0) is 104 Å². The first-order chi connectivity index (χ1) is 51.5. The van der Waals surface area contributed by atoms with Gasteiger partial charge in [-0.25, -0.2) is 0 Å². The predicted molar refractivity (Wildman–Crippen MR) is 488 cm³/mol. The van der Waals surface area contributed by atoms with Crippen LogP contribution in [-0.4, -0.2) is 144 Å². The predicted octanol–water partition coefficient (Wildman–Crippen LogP) is 22.0. The number of benzene rings is 6. The molecule has 13 nitrogen and oxygen atoms in total. The van der Waals surface area contributed by atoms with Gasteiger partial charge in [-0.2, -0.15) is 0 Å². The summed E-state index contributed by atoms with van der Waals surface area (Å²) in [6, 6.07) is 26.6. The van der Waals surface area contributed by atoms with E-state index in [1.807, 2.05) is 0 Å². The fraction of sp³-hybridized carbons (Fsp3) is 0.647. The number of rotatable bonds is 12. The quantitative estimate of drug-likeness (QED) is 0.0686. The van der Waals surface area contributed by atoms with E-state index in [0.29, 0.717) is 73.8 Å². The molecule has 2 radical (unpaired) electrons. The van der Waals surface area contributed by atoms with Crippen molar-refractivity contribution in [1.29, 1.82) is 0 Å². The van der Waals surface area contributed by atoms with E-state index in [0.717, 1.165) is 145 Å². The van der Waals surface area contributed by atoms with E-state index in [2.05, 4.69) is 351 Å². The SMILES string of the molecule is CC(C)(C)c1cc(CN2CCN(Cc3cc(C(C)(C)C)cc(C(C)(C)C)c3O)CCN(Cc3cc(C(C)(C)C)cc(C(C)(C)C)c3O)CC2)c(O)c(C(C)(C)C)c1.CC(C)(C)c1cc(CN2CCN(Cc3cc(C(C)(C)C)cc(C(C)(C)C)c3O)CCN(Cc3cc(C(C)(C)C)cc(C(C)(C)C)c3O)CC2)c(O)c(C(C)(C)C)c1.O.[U+3].[U+3]. The van der Waals surface area contributed by atoms with Gasteiger partial charge in [0.25, 0.3) is 0 Å². The first kappa shape index (κ1) is 105. The van der Waals surface area contributed by atoms with Gasteiger partial charge in [0.05, 0.1) is 0 Å². The first-order valence-electron chi connectivity index (χ1n) is 43.1. The Labute approximate surface area is 760 Å². The van der Waals surface area contributed by atoms with Crippen LogP contribution >= 0.6 is 0 Å². The maximum absolute atomic E-state index is 11.8. The number of hydrogen-bond donors (Lipinski definition) is 6. The zero-order valence-electron chi connectivity index (χ0n) is 80.5. The molecule has 0 amide bonds. The van der Waals surface area contributed by atoms with Crippen molar-refractivity contribution < 1.29 is 98.3 Å². The molecule has 2 saturated heterocycles.